The number of hydrogen-bond acceptors (Lipinski definition) is 2. The van der Waals surface area contributed by atoms with Crippen LogP contribution in [-0.4, -0.2) is 18.6 Å². The summed E-state index contributed by atoms with van der Waals surface area (Å²) in [5.41, 5.74) is 2.92. The van der Waals surface area contributed by atoms with E-state index in [0.717, 1.165) is 12.5 Å². The molecule has 1 rings (SSSR count). The van der Waals surface area contributed by atoms with Gasteiger partial charge in [0.1, 0.15) is 0 Å². The molecule has 102 valence electrons. The van der Waals surface area contributed by atoms with E-state index in [9.17, 15) is 0 Å². The molecule has 1 nitrogen and oxygen atoms in total. The summed E-state index contributed by atoms with van der Waals surface area (Å²) < 4.78 is 0. The van der Waals surface area contributed by atoms with Crippen molar-refractivity contribution in [3.63, 3.8) is 0 Å². The second-order valence-corrected chi connectivity index (χ2v) is 6.22. The second-order valence-electron chi connectivity index (χ2n) is 5.23. The molecule has 1 atom stereocenters. The molecule has 0 aliphatic carbocycles. The van der Waals surface area contributed by atoms with E-state index < -0.39 is 0 Å². The molecule has 1 aromatic carbocycles. The summed E-state index contributed by atoms with van der Waals surface area (Å²) in [5.74, 6) is 1.94. The van der Waals surface area contributed by atoms with Gasteiger partial charge in [0.25, 0.3) is 0 Å². The van der Waals surface area contributed by atoms with Crippen LogP contribution in [0.4, 0.5) is 0 Å². The number of benzene rings is 1. The monoisotopic (exact) mass is 265 g/mol. The van der Waals surface area contributed by atoms with Gasteiger partial charge in [0.05, 0.1) is 0 Å². The SMILES string of the molecule is CCNC(CCSC)c1cccc(CC(C)C)c1. The molecule has 0 saturated carbocycles. The first-order valence-corrected chi connectivity index (χ1v) is 8.37. The second kappa shape index (κ2) is 8.60. The van der Waals surface area contributed by atoms with Gasteiger partial charge in [-0.2, -0.15) is 11.8 Å². The average molecular weight is 265 g/mol. The molecule has 0 spiro atoms. The Labute approximate surface area is 117 Å². The highest BCUT2D eigenvalue weighted by atomic mass is 32.2. The number of thioether (sulfide) groups is 1. The third kappa shape index (κ3) is 5.45. The van der Waals surface area contributed by atoms with Gasteiger partial charge >= 0.3 is 0 Å². The zero-order chi connectivity index (χ0) is 13.4. The van der Waals surface area contributed by atoms with Crippen molar-refractivity contribution in [1.82, 2.24) is 5.32 Å². The third-order valence-corrected chi connectivity index (χ3v) is 3.70. The molecule has 0 aromatic heterocycles. The van der Waals surface area contributed by atoms with Crippen molar-refractivity contribution in [2.24, 2.45) is 5.92 Å². The summed E-state index contributed by atoms with van der Waals surface area (Å²) in [5, 5.41) is 3.60. The van der Waals surface area contributed by atoms with Crippen LogP contribution >= 0.6 is 11.8 Å². The van der Waals surface area contributed by atoms with Crippen molar-refractivity contribution in [3.05, 3.63) is 35.4 Å². The highest BCUT2D eigenvalue weighted by Crippen LogP contribution is 2.21. The average Bonchev–Trinajstić information content (AvgIpc) is 2.34. The van der Waals surface area contributed by atoms with Gasteiger partial charge in [-0.15, -0.1) is 0 Å². The molecule has 2 heteroatoms. The highest BCUT2D eigenvalue weighted by molar-refractivity contribution is 7.98. The summed E-state index contributed by atoms with van der Waals surface area (Å²) in [6.07, 6.45) is 4.56. The molecule has 0 fully saturated rings. The van der Waals surface area contributed by atoms with Gasteiger partial charge < -0.3 is 5.32 Å². The fourth-order valence-electron chi connectivity index (χ4n) is 2.28. The minimum Gasteiger partial charge on any atom is -0.310 e. The fraction of sp³-hybridized carbons (Fsp3) is 0.625. The Morgan fingerprint density at radius 2 is 2.06 bits per heavy atom. The van der Waals surface area contributed by atoms with Crippen LogP contribution in [-0.2, 0) is 6.42 Å². The zero-order valence-electron chi connectivity index (χ0n) is 12.2. The Balaban J connectivity index is 2.76. The minimum atomic E-state index is 0.509. The number of nitrogens with one attached hydrogen (secondary N) is 1. The van der Waals surface area contributed by atoms with E-state index in [-0.39, 0.29) is 0 Å². The van der Waals surface area contributed by atoms with Gasteiger partial charge in [-0.3, -0.25) is 0 Å². The molecule has 0 radical (unpaired) electrons. The molecule has 0 amide bonds. The topological polar surface area (TPSA) is 12.0 Å². The molecule has 1 aromatic rings. The van der Waals surface area contributed by atoms with E-state index in [0.29, 0.717) is 6.04 Å². The first-order valence-electron chi connectivity index (χ1n) is 6.98. The molecule has 0 saturated heterocycles. The van der Waals surface area contributed by atoms with Gasteiger partial charge in [0.2, 0.25) is 0 Å². The lowest BCUT2D eigenvalue weighted by Gasteiger charge is -2.19. The number of hydrogen-bond donors (Lipinski definition) is 1. The van der Waals surface area contributed by atoms with E-state index in [1.54, 1.807) is 0 Å². The van der Waals surface area contributed by atoms with Gasteiger partial charge in [-0.05, 0) is 48.4 Å². The van der Waals surface area contributed by atoms with Crippen LogP contribution in [0.2, 0.25) is 0 Å². The van der Waals surface area contributed by atoms with Crippen LogP contribution in [0, 0.1) is 5.92 Å². The van der Waals surface area contributed by atoms with Crippen LogP contribution in [0.25, 0.3) is 0 Å². The van der Waals surface area contributed by atoms with Crippen LogP contribution in [0.3, 0.4) is 0 Å². The van der Waals surface area contributed by atoms with E-state index >= 15 is 0 Å². The van der Waals surface area contributed by atoms with Crippen molar-refractivity contribution in [2.45, 2.75) is 39.7 Å². The maximum Gasteiger partial charge on any atom is 0.0328 e. The molecule has 0 bridgehead atoms. The summed E-state index contributed by atoms with van der Waals surface area (Å²) in [4.78, 5) is 0. The van der Waals surface area contributed by atoms with Crippen LogP contribution in [0.15, 0.2) is 24.3 Å². The lowest BCUT2D eigenvalue weighted by Crippen LogP contribution is -2.21. The first-order chi connectivity index (χ1) is 8.67. The lowest BCUT2D eigenvalue weighted by atomic mass is 9.97. The Kier molecular flexibility index (Phi) is 7.45. The molecule has 18 heavy (non-hydrogen) atoms. The smallest absolute Gasteiger partial charge is 0.0328 e. The zero-order valence-corrected chi connectivity index (χ0v) is 13.0. The van der Waals surface area contributed by atoms with Crippen molar-refractivity contribution in [1.29, 1.82) is 0 Å². The predicted octanol–water partition coefficient (Wildman–Crippen LogP) is 4.29. The minimum absolute atomic E-state index is 0.509. The van der Waals surface area contributed by atoms with Crippen LogP contribution in [0.1, 0.15) is 44.4 Å². The molecule has 1 unspecified atom stereocenters. The maximum atomic E-state index is 3.60. The standard InChI is InChI=1S/C16H27NS/c1-5-17-16(9-10-18-4)15-8-6-7-14(12-15)11-13(2)3/h6-8,12-13,16-17H,5,9-11H2,1-4H3. The molecule has 0 heterocycles. The summed E-state index contributed by atoms with van der Waals surface area (Å²) in [6.45, 7) is 7.78. The maximum absolute atomic E-state index is 3.60. The van der Waals surface area contributed by atoms with Crippen LogP contribution in [0.5, 0.6) is 0 Å². The van der Waals surface area contributed by atoms with E-state index in [2.05, 4.69) is 56.6 Å². The van der Waals surface area contributed by atoms with Crippen molar-refractivity contribution in [2.75, 3.05) is 18.6 Å². The van der Waals surface area contributed by atoms with Gasteiger partial charge in [-0.25, -0.2) is 0 Å². The molecule has 0 aliphatic heterocycles. The van der Waals surface area contributed by atoms with Crippen molar-refractivity contribution >= 4 is 11.8 Å². The Hall–Kier alpha value is -0.470. The van der Waals surface area contributed by atoms with Crippen molar-refractivity contribution in [3.8, 4) is 0 Å². The van der Waals surface area contributed by atoms with E-state index in [4.69, 9.17) is 0 Å². The quantitative estimate of drug-likeness (QED) is 0.752. The first kappa shape index (κ1) is 15.6. The molecular formula is C16H27NS. The van der Waals surface area contributed by atoms with E-state index in [1.165, 1.54) is 29.7 Å². The van der Waals surface area contributed by atoms with Crippen LogP contribution < -0.4 is 5.32 Å². The van der Waals surface area contributed by atoms with Gasteiger partial charge in [-0.1, -0.05) is 45.0 Å². The predicted molar refractivity (Wildman–Crippen MR) is 84.4 cm³/mol. The van der Waals surface area contributed by atoms with Crippen molar-refractivity contribution < 1.29 is 0 Å². The highest BCUT2D eigenvalue weighted by Gasteiger charge is 2.10. The Morgan fingerprint density at radius 3 is 2.67 bits per heavy atom. The normalized spacial score (nSPS) is 12.9. The fourth-order valence-corrected chi connectivity index (χ4v) is 2.75. The third-order valence-electron chi connectivity index (χ3n) is 3.06. The summed E-state index contributed by atoms with van der Waals surface area (Å²) in [6, 6.07) is 9.61. The van der Waals surface area contributed by atoms with Gasteiger partial charge in [0, 0.05) is 6.04 Å². The molecule has 1 N–H and O–H groups in total. The Bertz CT molecular complexity index is 336. The number of rotatable bonds is 8. The molecular weight excluding hydrogens is 238 g/mol. The molecule has 0 aliphatic rings. The summed E-state index contributed by atoms with van der Waals surface area (Å²) in [7, 11) is 0. The van der Waals surface area contributed by atoms with Gasteiger partial charge in [0.15, 0.2) is 0 Å². The lowest BCUT2D eigenvalue weighted by molar-refractivity contribution is 0.540. The summed E-state index contributed by atoms with van der Waals surface area (Å²) >= 11 is 1.93. The van der Waals surface area contributed by atoms with E-state index in [1.807, 2.05) is 11.8 Å². The largest absolute Gasteiger partial charge is 0.310 e. The Morgan fingerprint density at radius 1 is 1.28 bits per heavy atom.